The lowest BCUT2D eigenvalue weighted by molar-refractivity contribution is 0.210. The highest BCUT2D eigenvalue weighted by Gasteiger charge is 2.28. The van der Waals surface area contributed by atoms with Crippen LogP contribution in [0.3, 0.4) is 0 Å². The first-order valence-electron chi connectivity index (χ1n) is 10.8. The first-order valence-corrected chi connectivity index (χ1v) is 10.8. The molecule has 0 saturated heterocycles. The van der Waals surface area contributed by atoms with E-state index < -0.39 is 0 Å². The molecule has 1 fully saturated rings. The van der Waals surface area contributed by atoms with Crippen molar-refractivity contribution in [1.82, 2.24) is 21.3 Å². The molecule has 6 heteroatoms. The second-order valence-electron chi connectivity index (χ2n) is 8.00. The number of carbonyl (C=O) groups is 2. The fourth-order valence-corrected chi connectivity index (χ4v) is 3.94. The van der Waals surface area contributed by atoms with E-state index in [2.05, 4.69) is 21.3 Å². The van der Waals surface area contributed by atoms with Gasteiger partial charge in [0, 0.05) is 0 Å². The second kappa shape index (κ2) is 10.7. The van der Waals surface area contributed by atoms with Crippen molar-refractivity contribution in [1.29, 1.82) is 0 Å². The highest BCUT2D eigenvalue weighted by atomic mass is 16.2. The maximum Gasteiger partial charge on any atom is 0.315 e. The molecule has 2 aromatic carbocycles. The maximum absolute atomic E-state index is 12.5. The number of hydrogen-bond acceptors (Lipinski definition) is 2. The van der Waals surface area contributed by atoms with Gasteiger partial charge in [-0.2, -0.15) is 0 Å². The van der Waals surface area contributed by atoms with Crippen molar-refractivity contribution in [2.45, 2.75) is 63.7 Å². The number of amides is 4. The lowest BCUT2D eigenvalue weighted by Crippen LogP contribution is -2.56. The number of rotatable bonds is 6. The van der Waals surface area contributed by atoms with Gasteiger partial charge in [0.1, 0.15) is 0 Å². The minimum Gasteiger partial charge on any atom is -0.333 e. The molecular formula is C24H32N4O2. The molecule has 160 valence electrons. The van der Waals surface area contributed by atoms with E-state index in [9.17, 15) is 9.59 Å². The van der Waals surface area contributed by atoms with Gasteiger partial charge < -0.3 is 21.3 Å². The van der Waals surface area contributed by atoms with Crippen LogP contribution in [0.5, 0.6) is 0 Å². The predicted molar refractivity (Wildman–Crippen MR) is 119 cm³/mol. The summed E-state index contributed by atoms with van der Waals surface area (Å²) in [5, 5.41) is 12.1. The molecule has 0 spiro atoms. The quantitative estimate of drug-likeness (QED) is 0.571. The highest BCUT2D eigenvalue weighted by molar-refractivity contribution is 5.76. The van der Waals surface area contributed by atoms with Gasteiger partial charge in [-0.3, -0.25) is 0 Å². The molecule has 4 amide bonds. The van der Waals surface area contributed by atoms with E-state index in [4.69, 9.17) is 0 Å². The Morgan fingerprint density at radius 3 is 1.43 bits per heavy atom. The SMILES string of the molecule is C[C@@H](NC(=O)N[C@@H]1CCCC[C@H]1NC(=O)N[C@H](C)c1ccccc1)c1ccccc1. The second-order valence-corrected chi connectivity index (χ2v) is 8.00. The van der Waals surface area contributed by atoms with Gasteiger partial charge in [-0.1, -0.05) is 73.5 Å². The van der Waals surface area contributed by atoms with Gasteiger partial charge in [-0.05, 0) is 37.8 Å². The first-order chi connectivity index (χ1) is 14.5. The first kappa shape index (κ1) is 21.7. The Hall–Kier alpha value is -3.02. The lowest BCUT2D eigenvalue weighted by Gasteiger charge is -2.33. The number of urea groups is 2. The Bertz CT molecular complexity index is 743. The Labute approximate surface area is 178 Å². The summed E-state index contributed by atoms with van der Waals surface area (Å²) in [6.07, 6.45) is 3.79. The molecule has 1 saturated carbocycles. The average molecular weight is 409 g/mol. The topological polar surface area (TPSA) is 82.3 Å². The van der Waals surface area contributed by atoms with Crippen molar-refractivity contribution in [3.05, 3.63) is 71.8 Å². The van der Waals surface area contributed by atoms with E-state index in [1.807, 2.05) is 74.5 Å². The molecule has 4 atom stereocenters. The Morgan fingerprint density at radius 2 is 1.07 bits per heavy atom. The molecule has 0 heterocycles. The molecule has 2 aromatic rings. The van der Waals surface area contributed by atoms with E-state index >= 15 is 0 Å². The van der Waals surface area contributed by atoms with Crippen LogP contribution in [-0.4, -0.2) is 24.1 Å². The summed E-state index contributed by atoms with van der Waals surface area (Å²) in [6.45, 7) is 3.92. The van der Waals surface area contributed by atoms with Crippen molar-refractivity contribution < 1.29 is 9.59 Å². The van der Waals surface area contributed by atoms with Crippen LogP contribution in [0.25, 0.3) is 0 Å². The van der Waals surface area contributed by atoms with Crippen molar-refractivity contribution in [3.8, 4) is 0 Å². The van der Waals surface area contributed by atoms with Crippen molar-refractivity contribution in [3.63, 3.8) is 0 Å². The smallest absolute Gasteiger partial charge is 0.315 e. The summed E-state index contributed by atoms with van der Waals surface area (Å²) in [4.78, 5) is 25.1. The zero-order valence-electron chi connectivity index (χ0n) is 17.7. The maximum atomic E-state index is 12.5. The Kier molecular flexibility index (Phi) is 7.71. The van der Waals surface area contributed by atoms with Crippen LogP contribution < -0.4 is 21.3 Å². The fraction of sp³-hybridized carbons (Fsp3) is 0.417. The summed E-state index contributed by atoms with van der Waals surface area (Å²) >= 11 is 0. The minimum atomic E-state index is -0.205. The standard InChI is InChI=1S/C24H32N4O2/c1-17(19-11-5-3-6-12-19)25-23(29)27-21-15-9-10-16-22(21)28-24(30)26-18(2)20-13-7-4-8-14-20/h3-8,11-14,17-18,21-22H,9-10,15-16H2,1-2H3,(H2,25,27,29)(H2,26,28,30)/t17-,18-,21-,22-/m1/s1. The van der Waals surface area contributed by atoms with Gasteiger partial charge in [-0.25, -0.2) is 9.59 Å². The van der Waals surface area contributed by atoms with Crippen LogP contribution in [0.1, 0.15) is 62.7 Å². The van der Waals surface area contributed by atoms with E-state index in [1.165, 1.54) is 0 Å². The van der Waals surface area contributed by atoms with Gasteiger partial charge in [0.25, 0.3) is 0 Å². The molecule has 0 radical (unpaired) electrons. The van der Waals surface area contributed by atoms with Crippen molar-refractivity contribution in [2.75, 3.05) is 0 Å². The molecule has 3 rings (SSSR count). The van der Waals surface area contributed by atoms with Gasteiger partial charge in [0.05, 0.1) is 24.2 Å². The van der Waals surface area contributed by atoms with E-state index in [-0.39, 0.29) is 36.2 Å². The molecule has 0 bridgehead atoms. The van der Waals surface area contributed by atoms with Gasteiger partial charge in [0.2, 0.25) is 0 Å². The molecule has 0 unspecified atom stereocenters. The van der Waals surface area contributed by atoms with Crippen LogP contribution >= 0.6 is 0 Å². The van der Waals surface area contributed by atoms with E-state index in [0.717, 1.165) is 36.8 Å². The van der Waals surface area contributed by atoms with Crippen LogP contribution in [0, 0.1) is 0 Å². The third-order valence-electron chi connectivity index (χ3n) is 5.69. The summed E-state index contributed by atoms with van der Waals surface area (Å²) < 4.78 is 0. The molecule has 30 heavy (non-hydrogen) atoms. The number of benzene rings is 2. The molecule has 0 aliphatic heterocycles. The molecule has 1 aliphatic rings. The minimum absolute atomic E-state index is 0.0838. The lowest BCUT2D eigenvalue weighted by atomic mass is 9.90. The molecule has 1 aliphatic carbocycles. The Balaban J connectivity index is 1.51. The third-order valence-corrected chi connectivity index (χ3v) is 5.69. The zero-order chi connectivity index (χ0) is 21.3. The van der Waals surface area contributed by atoms with Gasteiger partial charge >= 0.3 is 12.1 Å². The van der Waals surface area contributed by atoms with Gasteiger partial charge in [-0.15, -0.1) is 0 Å². The summed E-state index contributed by atoms with van der Waals surface area (Å²) in [5.74, 6) is 0. The van der Waals surface area contributed by atoms with Crippen LogP contribution in [0.15, 0.2) is 60.7 Å². The number of nitrogens with one attached hydrogen (secondary N) is 4. The van der Waals surface area contributed by atoms with Crippen molar-refractivity contribution in [2.24, 2.45) is 0 Å². The van der Waals surface area contributed by atoms with Crippen LogP contribution in [-0.2, 0) is 0 Å². The summed E-state index contributed by atoms with van der Waals surface area (Å²) in [5.41, 5.74) is 2.11. The fourth-order valence-electron chi connectivity index (χ4n) is 3.94. The largest absolute Gasteiger partial charge is 0.333 e. The number of carbonyl (C=O) groups excluding carboxylic acids is 2. The Morgan fingerprint density at radius 1 is 0.700 bits per heavy atom. The van der Waals surface area contributed by atoms with Crippen LogP contribution in [0.2, 0.25) is 0 Å². The predicted octanol–water partition coefficient (Wildman–Crippen LogP) is 4.42. The molecular weight excluding hydrogens is 376 g/mol. The van der Waals surface area contributed by atoms with Gasteiger partial charge in [0.15, 0.2) is 0 Å². The van der Waals surface area contributed by atoms with Crippen molar-refractivity contribution >= 4 is 12.1 Å². The van der Waals surface area contributed by atoms with Crippen LogP contribution in [0.4, 0.5) is 9.59 Å². The monoisotopic (exact) mass is 408 g/mol. The van der Waals surface area contributed by atoms with E-state index in [0.29, 0.717) is 0 Å². The average Bonchev–Trinajstić information content (AvgIpc) is 2.76. The highest BCUT2D eigenvalue weighted by Crippen LogP contribution is 2.19. The zero-order valence-corrected chi connectivity index (χ0v) is 17.7. The normalized spacial score (nSPS) is 20.5. The summed E-state index contributed by atoms with van der Waals surface area (Å²) in [6, 6.07) is 19.0. The summed E-state index contributed by atoms with van der Waals surface area (Å²) in [7, 11) is 0. The third kappa shape index (κ3) is 6.24. The number of hydrogen-bond donors (Lipinski definition) is 4. The van der Waals surface area contributed by atoms with E-state index in [1.54, 1.807) is 0 Å². The molecule has 4 N–H and O–H groups in total. The molecule has 0 aromatic heterocycles. The molecule has 6 nitrogen and oxygen atoms in total.